The zero-order valence-corrected chi connectivity index (χ0v) is 18.6. The first-order valence-corrected chi connectivity index (χ1v) is 10.4. The number of ether oxygens (including phenoxy) is 1. The molecule has 0 aromatic heterocycles. The molecular weight excluding hydrogens is 445 g/mol. The van der Waals surface area contributed by atoms with Crippen molar-refractivity contribution < 1.29 is 4.74 Å². The van der Waals surface area contributed by atoms with Gasteiger partial charge in [-0.05, 0) is 56.6 Å². The second kappa shape index (κ2) is 13.6. The van der Waals surface area contributed by atoms with Gasteiger partial charge in [-0.3, -0.25) is 0 Å². The Bertz CT molecular complexity index is 509. The maximum Gasteiger partial charge on any atom is 0.191 e. The highest BCUT2D eigenvalue weighted by Crippen LogP contribution is 2.30. The molecule has 0 atom stereocenters. The lowest BCUT2D eigenvalue weighted by Gasteiger charge is -2.13. The highest BCUT2D eigenvalue weighted by Gasteiger charge is 2.22. The van der Waals surface area contributed by atoms with E-state index in [4.69, 9.17) is 9.73 Å². The van der Waals surface area contributed by atoms with Gasteiger partial charge in [0.05, 0.1) is 13.2 Å². The molecule has 0 aliphatic heterocycles. The Balaban J connectivity index is 0.00000312. The van der Waals surface area contributed by atoms with Crippen molar-refractivity contribution in [2.24, 2.45) is 10.9 Å². The summed E-state index contributed by atoms with van der Waals surface area (Å²) in [4.78, 5) is 4.71. The third kappa shape index (κ3) is 9.58. The minimum absolute atomic E-state index is 0. The van der Waals surface area contributed by atoms with Crippen LogP contribution in [0.1, 0.15) is 38.2 Å². The normalized spacial score (nSPS) is 13.9. The van der Waals surface area contributed by atoms with E-state index in [9.17, 15) is 0 Å². The number of rotatable bonds is 11. The van der Waals surface area contributed by atoms with E-state index < -0.39 is 0 Å². The number of hydrogen-bond acceptors (Lipinski definition) is 3. The lowest BCUT2D eigenvalue weighted by atomic mass is 10.2. The van der Waals surface area contributed by atoms with Gasteiger partial charge in [-0.1, -0.05) is 18.2 Å². The predicted molar refractivity (Wildman–Crippen MR) is 121 cm³/mol. The molecule has 2 rings (SSSR count). The Hall–Kier alpha value is -0.630. The lowest BCUT2D eigenvalue weighted by molar-refractivity contribution is 0.297. The highest BCUT2D eigenvalue weighted by molar-refractivity contribution is 14.0. The summed E-state index contributed by atoms with van der Waals surface area (Å²) in [7, 11) is 0. The summed E-state index contributed by atoms with van der Waals surface area (Å²) in [6, 6.07) is 8.24. The summed E-state index contributed by atoms with van der Waals surface area (Å²) in [5.41, 5.74) is 1.15. The number of unbranched alkanes of at least 4 members (excludes halogenated alkanes) is 1. The van der Waals surface area contributed by atoms with E-state index in [2.05, 4.69) is 42.0 Å². The van der Waals surface area contributed by atoms with E-state index in [1.54, 1.807) is 0 Å². The van der Waals surface area contributed by atoms with Crippen LogP contribution in [0.2, 0.25) is 0 Å². The molecule has 1 aliphatic carbocycles. The Morgan fingerprint density at radius 1 is 1.24 bits per heavy atom. The van der Waals surface area contributed by atoms with E-state index in [-0.39, 0.29) is 24.0 Å². The third-order valence-electron chi connectivity index (χ3n) is 3.96. The number of aliphatic imine (C=N–C) groups is 1. The van der Waals surface area contributed by atoms with Crippen molar-refractivity contribution >= 4 is 41.7 Å². The highest BCUT2D eigenvalue weighted by atomic mass is 127. The average molecular weight is 477 g/mol. The number of guanidine groups is 1. The number of nitrogens with zero attached hydrogens (tertiary/aromatic N) is 1. The number of hydrogen-bond donors (Lipinski definition) is 2. The maximum atomic E-state index is 5.97. The zero-order chi connectivity index (χ0) is 17.0. The van der Waals surface area contributed by atoms with Gasteiger partial charge in [-0.25, -0.2) is 4.99 Å². The van der Waals surface area contributed by atoms with Gasteiger partial charge < -0.3 is 15.4 Å². The molecule has 0 unspecified atom stereocenters. The van der Waals surface area contributed by atoms with E-state index in [1.807, 2.05) is 17.8 Å². The van der Waals surface area contributed by atoms with Gasteiger partial charge in [-0.2, -0.15) is 11.8 Å². The second-order valence-corrected chi connectivity index (χ2v) is 7.17. The van der Waals surface area contributed by atoms with Crippen LogP contribution in [0.25, 0.3) is 0 Å². The van der Waals surface area contributed by atoms with Crippen molar-refractivity contribution in [3.63, 3.8) is 0 Å². The molecule has 0 spiro atoms. The van der Waals surface area contributed by atoms with Gasteiger partial charge in [0.25, 0.3) is 0 Å². The molecule has 0 bridgehead atoms. The standard InChI is InChI=1S/C19H31N3OS.HI/c1-3-20-19(21-12-6-7-13-24-2)22-14-17-8-4-5-9-18(17)23-15-16-10-11-16;/h4-5,8-9,16H,3,6-7,10-15H2,1-2H3,(H2,20,21,22);1H. The minimum atomic E-state index is 0. The summed E-state index contributed by atoms with van der Waals surface area (Å²) >= 11 is 1.90. The molecule has 25 heavy (non-hydrogen) atoms. The molecule has 1 fully saturated rings. The summed E-state index contributed by atoms with van der Waals surface area (Å²) in [6.07, 6.45) is 7.19. The fourth-order valence-electron chi connectivity index (χ4n) is 2.35. The van der Waals surface area contributed by atoms with Crippen LogP contribution in [0.4, 0.5) is 0 Å². The fraction of sp³-hybridized carbons (Fsp3) is 0.632. The van der Waals surface area contributed by atoms with Crippen molar-refractivity contribution in [3.8, 4) is 5.75 Å². The number of halogens is 1. The quantitative estimate of drug-likeness (QED) is 0.216. The van der Waals surface area contributed by atoms with Crippen molar-refractivity contribution in [1.29, 1.82) is 0 Å². The average Bonchev–Trinajstić information content (AvgIpc) is 3.42. The van der Waals surface area contributed by atoms with Crippen molar-refractivity contribution in [1.82, 2.24) is 10.6 Å². The van der Waals surface area contributed by atoms with E-state index in [0.29, 0.717) is 6.54 Å². The third-order valence-corrected chi connectivity index (χ3v) is 4.66. The molecule has 6 heteroatoms. The predicted octanol–water partition coefficient (Wildman–Crippen LogP) is 4.29. The van der Waals surface area contributed by atoms with Gasteiger partial charge in [0, 0.05) is 18.7 Å². The van der Waals surface area contributed by atoms with Gasteiger partial charge in [0.1, 0.15) is 5.75 Å². The number of thioether (sulfide) groups is 1. The van der Waals surface area contributed by atoms with E-state index in [1.165, 1.54) is 31.4 Å². The second-order valence-electron chi connectivity index (χ2n) is 6.18. The van der Waals surface area contributed by atoms with Gasteiger partial charge in [-0.15, -0.1) is 24.0 Å². The molecule has 0 heterocycles. The Labute approximate surface area is 174 Å². The van der Waals surface area contributed by atoms with Crippen molar-refractivity contribution in [2.45, 2.75) is 39.2 Å². The van der Waals surface area contributed by atoms with Crippen LogP contribution >= 0.6 is 35.7 Å². The Morgan fingerprint density at radius 2 is 2.04 bits per heavy atom. The van der Waals surface area contributed by atoms with Crippen LogP contribution in [0.15, 0.2) is 29.3 Å². The largest absolute Gasteiger partial charge is 0.493 e. The molecule has 1 aromatic carbocycles. The molecule has 1 aromatic rings. The molecular formula is C19H32IN3OS. The van der Waals surface area contributed by atoms with Crippen LogP contribution in [-0.2, 0) is 6.54 Å². The number of benzene rings is 1. The van der Waals surface area contributed by atoms with E-state index in [0.717, 1.165) is 42.9 Å². The van der Waals surface area contributed by atoms with Gasteiger partial charge >= 0.3 is 0 Å². The molecule has 4 nitrogen and oxygen atoms in total. The smallest absolute Gasteiger partial charge is 0.191 e. The zero-order valence-electron chi connectivity index (χ0n) is 15.4. The van der Waals surface area contributed by atoms with Crippen LogP contribution in [0.3, 0.4) is 0 Å². The molecule has 0 saturated heterocycles. The molecule has 1 aliphatic rings. The monoisotopic (exact) mass is 477 g/mol. The number of para-hydroxylation sites is 1. The Morgan fingerprint density at radius 3 is 2.76 bits per heavy atom. The summed E-state index contributed by atoms with van der Waals surface area (Å²) < 4.78 is 5.97. The summed E-state index contributed by atoms with van der Waals surface area (Å²) in [5, 5.41) is 6.73. The topological polar surface area (TPSA) is 45.7 Å². The minimum Gasteiger partial charge on any atom is -0.493 e. The molecule has 2 N–H and O–H groups in total. The summed E-state index contributed by atoms with van der Waals surface area (Å²) in [6.45, 7) is 5.41. The summed E-state index contributed by atoms with van der Waals surface area (Å²) in [5.74, 6) is 3.85. The SMILES string of the molecule is CCNC(=NCc1ccccc1OCC1CC1)NCCCCSC.I. The van der Waals surface area contributed by atoms with Crippen molar-refractivity contribution in [2.75, 3.05) is 31.7 Å². The Kier molecular flexibility index (Phi) is 12.2. The first-order chi connectivity index (χ1) is 11.8. The van der Waals surface area contributed by atoms with Crippen LogP contribution < -0.4 is 15.4 Å². The molecule has 0 amide bonds. The van der Waals surface area contributed by atoms with Crippen LogP contribution in [0, 0.1) is 5.92 Å². The molecule has 1 saturated carbocycles. The molecule has 0 radical (unpaired) electrons. The lowest BCUT2D eigenvalue weighted by Crippen LogP contribution is -2.37. The van der Waals surface area contributed by atoms with Gasteiger partial charge in [0.2, 0.25) is 0 Å². The van der Waals surface area contributed by atoms with Crippen LogP contribution in [0.5, 0.6) is 5.75 Å². The van der Waals surface area contributed by atoms with Crippen LogP contribution in [-0.4, -0.2) is 37.7 Å². The first kappa shape index (κ1) is 22.4. The number of nitrogens with one attached hydrogen (secondary N) is 2. The molecule has 142 valence electrons. The first-order valence-electron chi connectivity index (χ1n) is 9.05. The fourth-order valence-corrected chi connectivity index (χ4v) is 2.84. The van der Waals surface area contributed by atoms with E-state index >= 15 is 0 Å². The van der Waals surface area contributed by atoms with Crippen molar-refractivity contribution in [3.05, 3.63) is 29.8 Å². The van der Waals surface area contributed by atoms with Gasteiger partial charge in [0.15, 0.2) is 5.96 Å². The maximum absolute atomic E-state index is 5.97.